The number of nitrogens with zero attached hydrogens (tertiary/aromatic N) is 1. The zero-order valence-corrected chi connectivity index (χ0v) is 9.48. The topological polar surface area (TPSA) is 28.7 Å². The van der Waals surface area contributed by atoms with E-state index in [1.807, 2.05) is 13.0 Å². The highest BCUT2D eigenvalue weighted by Gasteiger charge is 1.94. The van der Waals surface area contributed by atoms with Gasteiger partial charge in [-0.25, -0.2) is 4.98 Å². The minimum atomic E-state index is 1.04. The van der Waals surface area contributed by atoms with Crippen LogP contribution in [0.2, 0.25) is 0 Å². The van der Waals surface area contributed by atoms with Gasteiger partial charge < -0.3 is 4.98 Å². The van der Waals surface area contributed by atoms with E-state index in [1.165, 1.54) is 5.56 Å². The molecular weight excluding hydrogens is 196 g/mol. The number of aromatic amines is 1. The Labute approximate surface area is 96.1 Å². The maximum atomic E-state index is 4.22. The highest BCUT2D eigenvalue weighted by Crippen LogP contribution is 2.06. The van der Waals surface area contributed by atoms with Crippen LogP contribution in [-0.2, 0) is 6.42 Å². The minimum absolute atomic E-state index is 1.04. The predicted molar refractivity (Wildman–Crippen MR) is 67.1 cm³/mol. The first kappa shape index (κ1) is 10.7. The lowest BCUT2D eigenvalue weighted by Gasteiger charge is -1.96. The van der Waals surface area contributed by atoms with E-state index in [-0.39, 0.29) is 0 Å². The summed E-state index contributed by atoms with van der Waals surface area (Å²) in [5.41, 5.74) is 3.54. The highest BCUT2D eigenvalue weighted by molar-refractivity contribution is 5.46. The summed E-state index contributed by atoms with van der Waals surface area (Å²) in [6.45, 7) is 2.03. The van der Waals surface area contributed by atoms with Crippen molar-refractivity contribution in [3.05, 3.63) is 59.7 Å². The molecule has 0 aliphatic rings. The molecule has 82 valence electrons. The van der Waals surface area contributed by atoms with Crippen molar-refractivity contribution in [2.24, 2.45) is 0 Å². The van der Waals surface area contributed by atoms with Gasteiger partial charge in [0.05, 0.1) is 12.0 Å². The Morgan fingerprint density at radius 2 is 2.06 bits per heavy atom. The molecule has 0 aliphatic carbocycles. The molecule has 0 fully saturated rings. The quantitative estimate of drug-likeness (QED) is 0.827. The third-order valence-corrected chi connectivity index (χ3v) is 2.59. The average Bonchev–Trinajstić information content (AvgIpc) is 2.72. The number of aryl methyl sites for hydroxylation is 2. The monoisotopic (exact) mass is 212 g/mol. The Hall–Kier alpha value is -1.83. The van der Waals surface area contributed by atoms with Gasteiger partial charge in [0.2, 0.25) is 0 Å². The molecular formula is C14H16N2. The van der Waals surface area contributed by atoms with E-state index in [0.29, 0.717) is 0 Å². The van der Waals surface area contributed by atoms with Crippen molar-refractivity contribution in [3.8, 4) is 0 Å². The van der Waals surface area contributed by atoms with Crippen LogP contribution in [0.5, 0.6) is 0 Å². The molecule has 1 aromatic heterocycles. The molecule has 2 rings (SSSR count). The molecule has 0 bridgehead atoms. The number of hydrogen-bond donors (Lipinski definition) is 1. The minimum Gasteiger partial charge on any atom is -0.348 e. The second-order valence-electron chi connectivity index (χ2n) is 3.84. The predicted octanol–water partition coefficient (Wildman–Crippen LogP) is 3.36. The zero-order chi connectivity index (χ0) is 11.2. The molecule has 0 amide bonds. The number of allylic oxidation sites excluding steroid dienone is 1. The smallest absolute Gasteiger partial charge is 0.0929 e. The first-order valence-electron chi connectivity index (χ1n) is 5.56. The molecule has 0 radical (unpaired) electrons. The summed E-state index contributed by atoms with van der Waals surface area (Å²) in [6, 6.07) is 10.5. The third kappa shape index (κ3) is 2.83. The van der Waals surface area contributed by atoms with E-state index in [4.69, 9.17) is 0 Å². The van der Waals surface area contributed by atoms with Crippen molar-refractivity contribution in [1.29, 1.82) is 0 Å². The largest absolute Gasteiger partial charge is 0.348 e. The molecule has 1 N–H and O–H groups in total. The van der Waals surface area contributed by atoms with Crippen molar-refractivity contribution >= 4 is 6.08 Å². The first-order chi connectivity index (χ1) is 7.86. The summed E-state index contributed by atoms with van der Waals surface area (Å²) in [7, 11) is 0. The Balaban J connectivity index is 1.85. The number of benzene rings is 1. The van der Waals surface area contributed by atoms with Crippen LogP contribution in [-0.4, -0.2) is 9.97 Å². The molecule has 2 nitrogen and oxygen atoms in total. The zero-order valence-electron chi connectivity index (χ0n) is 9.48. The summed E-state index contributed by atoms with van der Waals surface area (Å²) in [4.78, 5) is 7.28. The lowest BCUT2D eigenvalue weighted by atomic mass is 10.1. The molecule has 2 aromatic rings. The fourth-order valence-electron chi connectivity index (χ4n) is 1.63. The van der Waals surface area contributed by atoms with Gasteiger partial charge in [0.25, 0.3) is 0 Å². The van der Waals surface area contributed by atoms with Gasteiger partial charge in [-0.05, 0) is 31.4 Å². The molecule has 0 spiro atoms. The summed E-state index contributed by atoms with van der Waals surface area (Å²) >= 11 is 0. The van der Waals surface area contributed by atoms with Crippen LogP contribution in [0.1, 0.15) is 23.4 Å². The van der Waals surface area contributed by atoms with Crippen LogP contribution in [0.15, 0.2) is 42.7 Å². The normalized spacial score (nSPS) is 11.1. The van der Waals surface area contributed by atoms with E-state index < -0.39 is 0 Å². The van der Waals surface area contributed by atoms with Gasteiger partial charge in [-0.2, -0.15) is 0 Å². The molecule has 0 aliphatic heterocycles. The molecule has 0 saturated carbocycles. The highest BCUT2D eigenvalue weighted by atomic mass is 14.9. The number of hydrogen-bond acceptors (Lipinski definition) is 1. The lowest BCUT2D eigenvalue weighted by molar-refractivity contribution is 1.00. The summed E-state index contributed by atoms with van der Waals surface area (Å²) in [5, 5.41) is 0. The Bertz CT molecular complexity index is 455. The van der Waals surface area contributed by atoms with Crippen LogP contribution >= 0.6 is 0 Å². The van der Waals surface area contributed by atoms with Crippen LogP contribution in [0.3, 0.4) is 0 Å². The molecule has 1 heterocycles. The molecule has 1 aromatic carbocycles. The first-order valence-corrected chi connectivity index (χ1v) is 5.56. The van der Waals surface area contributed by atoms with Crippen LogP contribution in [0.4, 0.5) is 0 Å². The van der Waals surface area contributed by atoms with Gasteiger partial charge in [-0.1, -0.05) is 36.4 Å². The Morgan fingerprint density at radius 1 is 1.25 bits per heavy atom. The van der Waals surface area contributed by atoms with E-state index in [0.717, 1.165) is 24.2 Å². The molecule has 0 saturated heterocycles. The van der Waals surface area contributed by atoms with Gasteiger partial charge in [0, 0.05) is 5.69 Å². The van der Waals surface area contributed by atoms with Gasteiger partial charge in [-0.15, -0.1) is 0 Å². The van der Waals surface area contributed by atoms with Crippen LogP contribution in [0.25, 0.3) is 6.08 Å². The number of H-pyrrole nitrogens is 1. The SMILES string of the molecule is Cc1[nH]cnc1/C=C/CCc1ccccc1. The number of rotatable bonds is 4. The standard InChI is InChI=1S/C14H16N2/c1-12-14(16-11-15-12)10-6-5-9-13-7-3-2-4-8-13/h2-4,6-8,10-11H,5,9H2,1H3,(H,15,16)/b10-6+. The molecule has 0 atom stereocenters. The lowest BCUT2D eigenvalue weighted by Crippen LogP contribution is -1.82. The molecule has 2 heteroatoms. The van der Waals surface area contributed by atoms with Gasteiger partial charge in [0.15, 0.2) is 0 Å². The van der Waals surface area contributed by atoms with Crippen LogP contribution in [0, 0.1) is 6.92 Å². The van der Waals surface area contributed by atoms with Crippen LogP contribution < -0.4 is 0 Å². The van der Waals surface area contributed by atoms with Crippen molar-refractivity contribution in [2.45, 2.75) is 19.8 Å². The van der Waals surface area contributed by atoms with E-state index in [2.05, 4.69) is 46.4 Å². The maximum Gasteiger partial charge on any atom is 0.0929 e. The molecule has 0 unspecified atom stereocenters. The van der Waals surface area contributed by atoms with E-state index in [9.17, 15) is 0 Å². The second-order valence-corrected chi connectivity index (χ2v) is 3.84. The van der Waals surface area contributed by atoms with Crippen molar-refractivity contribution in [2.75, 3.05) is 0 Å². The number of nitrogens with one attached hydrogen (secondary N) is 1. The Morgan fingerprint density at radius 3 is 2.75 bits per heavy atom. The van der Waals surface area contributed by atoms with E-state index in [1.54, 1.807) is 6.33 Å². The average molecular weight is 212 g/mol. The number of imidazole rings is 1. The van der Waals surface area contributed by atoms with Gasteiger partial charge in [0.1, 0.15) is 0 Å². The Kier molecular flexibility index (Phi) is 3.54. The van der Waals surface area contributed by atoms with Gasteiger partial charge in [-0.3, -0.25) is 0 Å². The number of aromatic nitrogens is 2. The van der Waals surface area contributed by atoms with Crippen molar-refractivity contribution < 1.29 is 0 Å². The van der Waals surface area contributed by atoms with Gasteiger partial charge >= 0.3 is 0 Å². The molecule has 16 heavy (non-hydrogen) atoms. The summed E-state index contributed by atoms with van der Waals surface area (Å²) in [6.07, 6.45) is 8.12. The van der Waals surface area contributed by atoms with E-state index >= 15 is 0 Å². The van der Waals surface area contributed by atoms with Crippen molar-refractivity contribution in [1.82, 2.24) is 9.97 Å². The fourth-order valence-corrected chi connectivity index (χ4v) is 1.63. The third-order valence-electron chi connectivity index (χ3n) is 2.59. The second kappa shape index (κ2) is 5.31. The maximum absolute atomic E-state index is 4.22. The van der Waals surface area contributed by atoms with Crippen molar-refractivity contribution in [3.63, 3.8) is 0 Å². The summed E-state index contributed by atoms with van der Waals surface area (Å²) in [5.74, 6) is 0. The fraction of sp³-hybridized carbons (Fsp3) is 0.214. The summed E-state index contributed by atoms with van der Waals surface area (Å²) < 4.78 is 0.